The van der Waals surface area contributed by atoms with Crippen LogP contribution in [0.4, 0.5) is 10.1 Å². The molecule has 7 heteroatoms. The second kappa shape index (κ2) is 8.77. The van der Waals surface area contributed by atoms with E-state index >= 15 is 0 Å². The Morgan fingerprint density at radius 3 is 2.52 bits per heavy atom. The fourth-order valence-electron chi connectivity index (χ4n) is 3.24. The maximum Gasteiger partial charge on any atom is 0.258 e. The highest BCUT2D eigenvalue weighted by atomic mass is 19.1. The number of anilines is 1. The number of benzene rings is 2. The molecule has 0 spiro atoms. The summed E-state index contributed by atoms with van der Waals surface area (Å²) in [6.45, 7) is 5.51. The van der Waals surface area contributed by atoms with Crippen LogP contribution in [0.5, 0.6) is 5.75 Å². The van der Waals surface area contributed by atoms with E-state index in [2.05, 4.69) is 5.32 Å². The van der Waals surface area contributed by atoms with Crippen LogP contribution in [0.1, 0.15) is 24.2 Å². The monoisotopic (exact) mass is 397 g/mol. The predicted molar refractivity (Wildman–Crippen MR) is 111 cm³/mol. The normalized spacial score (nSPS) is 10.8. The Hall–Kier alpha value is -3.35. The van der Waals surface area contributed by atoms with Gasteiger partial charge < -0.3 is 19.5 Å². The van der Waals surface area contributed by atoms with Gasteiger partial charge in [0.15, 0.2) is 0 Å². The molecular formula is C22H24FN3O3. The minimum Gasteiger partial charge on any atom is -0.497 e. The predicted octanol–water partition coefficient (Wildman–Crippen LogP) is 3.91. The zero-order valence-corrected chi connectivity index (χ0v) is 16.7. The molecule has 152 valence electrons. The van der Waals surface area contributed by atoms with Gasteiger partial charge in [0.25, 0.3) is 5.91 Å². The molecule has 0 saturated carbocycles. The van der Waals surface area contributed by atoms with Crippen molar-refractivity contribution in [1.82, 2.24) is 9.47 Å². The maximum absolute atomic E-state index is 14.1. The summed E-state index contributed by atoms with van der Waals surface area (Å²) >= 11 is 0. The van der Waals surface area contributed by atoms with Crippen LogP contribution in [0.2, 0.25) is 0 Å². The number of fused-ring (bicyclic) bond motifs is 1. The van der Waals surface area contributed by atoms with E-state index in [9.17, 15) is 14.0 Å². The van der Waals surface area contributed by atoms with Crippen molar-refractivity contribution < 1.29 is 18.7 Å². The Kier molecular flexibility index (Phi) is 6.16. The van der Waals surface area contributed by atoms with Gasteiger partial charge in [0, 0.05) is 41.9 Å². The Labute approximate surface area is 168 Å². The number of hydrogen-bond acceptors (Lipinski definition) is 3. The number of ether oxygens (including phenoxy) is 1. The summed E-state index contributed by atoms with van der Waals surface area (Å²) in [6.07, 6.45) is 1.85. The molecule has 0 saturated heterocycles. The quantitative estimate of drug-likeness (QED) is 0.657. The third-order valence-electron chi connectivity index (χ3n) is 4.87. The number of likely N-dealkylation sites (N-methyl/N-ethyl adjacent to an activating group) is 1. The summed E-state index contributed by atoms with van der Waals surface area (Å²) < 4.78 is 20.9. The first-order chi connectivity index (χ1) is 14.0. The van der Waals surface area contributed by atoms with Crippen molar-refractivity contribution in [1.29, 1.82) is 0 Å². The van der Waals surface area contributed by atoms with Gasteiger partial charge >= 0.3 is 0 Å². The molecule has 3 rings (SSSR count). The largest absolute Gasteiger partial charge is 0.497 e. The second-order valence-electron chi connectivity index (χ2n) is 6.58. The van der Waals surface area contributed by atoms with Crippen LogP contribution >= 0.6 is 0 Å². The average Bonchev–Trinajstić information content (AvgIpc) is 3.10. The number of methoxy groups -OCH3 is 1. The van der Waals surface area contributed by atoms with E-state index in [1.165, 1.54) is 25.3 Å². The van der Waals surface area contributed by atoms with Crippen molar-refractivity contribution in [2.45, 2.75) is 20.4 Å². The molecule has 0 fully saturated rings. The summed E-state index contributed by atoms with van der Waals surface area (Å²) in [5.74, 6) is -0.787. The SMILES string of the molecule is CCN(CC)C(=O)Cn1ccc2cc(NC(=O)c3ccc(OC)cc3F)ccc21. The lowest BCUT2D eigenvalue weighted by atomic mass is 10.1. The van der Waals surface area contributed by atoms with Crippen LogP contribution in [-0.2, 0) is 11.3 Å². The highest BCUT2D eigenvalue weighted by Gasteiger charge is 2.15. The number of nitrogens with one attached hydrogen (secondary N) is 1. The Balaban J connectivity index is 1.77. The van der Waals surface area contributed by atoms with Gasteiger partial charge in [-0.25, -0.2) is 4.39 Å². The van der Waals surface area contributed by atoms with Crippen LogP contribution in [0.3, 0.4) is 0 Å². The van der Waals surface area contributed by atoms with Crippen molar-refractivity contribution in [3.63, 3.8) is 0 Å². The number of aromatic nitrogens is 1. The molecule has 0 bridgehead atoms. The third kappa shape index (κ3) is 4.39. The van der Waals surface area contributed by atoms with Crippen molar-refractivity contribution in [3.8, 4) is 5.75 Å². The summed E-state index contributed by atoms with van der Waals surface area (Å²) in [7, 11) is 1.44. The average molecular weight is 397 g/mol. The molecule has 1 heterocycles. The number of nitrogens with zero attached hydrogens (tertiary/aromatic N) is 2. The molecule has 0 atom stereocenters. The number of halogens is 1. The van der Waals surface area contributed by atoms with Crippen LogP contribution in [0.15, 0.2) is 48.7 Å². The standard InChI is InChI=1S/C22H24FN3O3/c1-4-25(5-2)21(27)14-26-11-10-15-12-16(6-9-20(15)26)24-22(28)18-8-7-17(29-3)13-19(18)23/h6-13H,4-5,14H2,1-3H3,(H,24,28). The number of carbonyl (C=O) groups excluding carboxylic acids is 2. The molecule has 2 amide bonds. The molecule has 6 nitrogen and oxygen atoms in total. The van der Waals surface area contributed by atoms with Crippen molar-refractivity contribution >= 4 is 28.4 Å². The minimum absolute atomic E-state index is 0.0554. The molecule has 2 aromatic carbocycles. The van der Waals surface area contributed by atoms with E-state index in [0.29, 0.717) is 24.5 Å². The van der Waals surface area contributed by atoms with E-state index in [1.54, 1.807) is 17.0 Å². The van der Waals surface area contributed by atoms with E-state index in [0.717, 1.165) is 10.9 Å². The number of hydrogen-bond donors (Lipinski definition) is 1. The molecular weight excluding hydrogens is 373 g/mol. The second-order valence-corrected chi connectivity index (χ2v) is 6.58. The summed E-state index contributed by atoms with van der Waals surface area (Å²) in [4.78, 5) is 26.6. The molecule has 1 N–H and O–H groups in total. The summed E-state index contributed by atoms with van der Waals surface area (Å²) in [5.41, 5.74) is 1.37. The van der Waals surface area contributed by atoms with Gasteiger partial charge in [-0.2, -0.15) is 0 Å². The highest BCUT2D eigenvalue weighted by molar-refractivity contribution is 6.05. The van der Waals surface area contributed by atoms with Gasteiger partial charge in [-0.15, -0.1) is 0 Å². The fraction of sp³-hybridized carbons (Fsp3) is 0.273. The lowest BCUT2D eigenvalue weighted by Gasteiger charge is -2.19. The van der Waals surface area contributed by atoms with Crippen LogP contribution in [0.25, 0.3) is 10.9 Å². The Bertz CT molecular complexity index is 1040. The Morgan fingerprint density at radius 2 is 1.86 bits per heavy atom. The number of rotatable bonds is 7. The smallest absolute Gasteiger partial charge is 0.258 e. The third-order valence-corrected chi connectivity index (χ3v) is 4.87. The fourth-order valence-corrected chi connectivity index (χ4v) is 3.24. The number of carbonyl (C=O) groups is 2. The van der Waals surface area contributed by atoms with E-state index in [1.807, 2.05) is 36.7 Å². The summed E-state index contributed by atoms with van der Waals surface area (Å²) in [5, 5.41) is 3.59. The summed E-state index contributed by atoms with van der Waals surface area (Å²) in [6, 6.07) is 11.4. The molecule has 0 radical (unpaired) electrons. The molecule has 0 aliphatic heterocycles. The number of amides is 2. The van der Waals surface area contributed by atoms with E-state index in [-0.39, 0.29) is 18.0 Å². The van der Waals surface area contributed by atoms with Gasteiger partial charge in [-0.1, -0.05) is 0 Å². The van der Waals surface area contributed by atoms with E-state index in [4.69, 9.17) is 4.74 Å². The molecule has 0 aliphatic rings. The molecule has 29 heavy (non-hydrogen) atoms. The van der Waals surface area contributed by atoms with Gasteiger partial charge in [0.1, 0.15) is 18.1 Å². The van der Waals surface area contributed by atoms with Crippen LogP contribution in [-0.4, -0.2) is 41.5 Å². The topological polar surface area (TPSA) is 63.6 Å². The van der Waals surface area contributed by atoms with Gasteiger partial charge in [0.05, 0.1) is 12.7 Å². The lowest BCUT2D eigenvalue weighted by molar-refractivity contribution is -0.131. The first kappa shape index (κ1) is 20.4. The molecule has 0 unspecified atom stereocenters. The highest BCUT2D eigenvalue weighted by Crippen LogP contribution is 2.22. The lowest BCUT2D eigenvalue weighted by Crippen LogP contribution is -2.33. The van der Waals surface area contributed by atoms with Gasteiger partial charge in [-0.05, 0) is 50.2 Å². The zero-order chi connectivity index (χ0) is 21.0. The van der Waals surface area contributed by atoms with Crippen molar-refractivity contribution in [3.05, 3.63) is 60.0 Å². The van der Waals surface area contributed by atoms with Crippen LogP contribution < -0.4 is 10.1 Å². The minimum atomic E-state index is -0.649. The van der Waals surface area contributed by atoms with Gasteiger partial charge in [-0.3, -0.25) is 9.59 Å². The molecule has 3 aromatic rings. The van der Waals surface area contributed by atoms with E-state index < -0.39 is 11.7 Å². The first-order valence-corrected chi connectivity index (χ1v) is 9.48. The van der Waals surface area contributed by atoms with Crippen LogP contribution in [0, 0.1) is 5.82 Å². The van der Waals surface area contributed by atoms with Crippen molar-refractivity contribution in [2.24, 2.45) is 0 Å². The maximum atomic E-state index is 14.1. The molecule has 0 aliphatic carbocycles. The first-order valence-electron chi connectivity index (χ1n) is 9.48. The molecule has 1 aromatic heterocycles. The van der Waals surface area contributed by atoms with Gasteiger partial charge in [0.2, 0.25) is 5.91 Å². The van der Waals surface area contributed by atoms with Crippen molar-refractivity contribution in [2.75, 3.05) is 25.5 Å². The zero-order valence-electron chi connectivity index (χ0n) is 16.7. The Morgan fingerprint density at radius 1 is 1.10 bits per heavy atom.